The predicted molar refractivity (Wildman–Crippen MR) is 120 cm³/mol. The number of ether oxygens (including phenoxy) is 1. The van der Waals surface area contributed by atoms with E-state index in [1.165, 1.54) is 0 Å². The standard InChI is InChI=1S/C21H30N8O2/c1-5-16(30)24-14(9-11-31-7-3)17-18-19(29-28-17)20(27-21(26-18)22-6-2)25-15-12-13(4)8-10-23-15/h8,10,12,14H,5-7,9,11H2,1-4H3,(H,24,30)(H,28,29)(H2,22,23,25,26,27). The summed E-state index contributed by atoms with van der Waals surface area (Å²) >= 11 is 0. The number of aryl methyl sites for hydroxylation is 1. The molecule has 3 aromatic rings. The molecule has 0 aliphatic heterocycles. The minimum absolute atomic E-state index is 0.0486. The van der Waals surface area contributed by atoms with Crippen molar-refractivity contribution in [1.82, 2.24) is 30.5 Å². The van der Waals surface area contributed by atoms with Crippen molar-refractivity contribution in [2.45, 2.75) is 46.6 Å². The highest BCUT2D eigenvalue weighted by atomic mass is 16.5. The number of amides is 1. The normalized spacial score (nSPS) is 12.0. The Morgan fingerprint density at radius 1 is 1.23 bits per heavy atom. The molecule has 0 spiro atoms. The van der Waals surface area contributed by atoms with Gasteiger partial charge in [0.25, 0.3) is 0 Å². The van der Waals surface area contributed by atoms with E-state index in [0.29, 0.717) is 61.2 Å². The number of nitrogens with one attached hydrogen (secondary N) is 4. The highest BCUT2D eigenvalue weighted by molar-refractivity contribution is 5.90. The summed E-state index contributed by atoms with van der Waals surface area (Å²) in [6.45, 7) is 9.53. The van der Waals surface area contributed by atoms with Gasteiger partial charge in [-0.1, -0.05) is 6.92 Å². The highest BCUT2D eigenvalue weighted by Gasteiger charge is 2.23. The van der Waals surface area contributed by atoms with Crippen LogP contribution in [-0.4, -0.2) is 50.8 Å². The molecule has 1 amide bonds. The maximum absolute atomic E-state index is 12.1. The number of carbonyl (C=O) groups excluding carboxylic acids is 1. The second-order valence-corrected chi connectivity index (χ2v) is 7.06. The van der Waals surface area contributed by atoms with Crippen molar-refractivity contribution in [1.29, 1.82) is 0 Å². The average Bonchev–Trinajstić information content (AvgIpc) is 3.17. The maximum Gasteiger partial charge on any atom is 0.225 e. The molecule has 0 aliphatic carbocycles. The van der Waals surface area contributed by atoms with Crippen LogP contribution in [0.2, 0.25) is 0 Å². The van der Waals surface area contributed by atoms with Gasteiger partial charge in [-0.3, -0.25) is 9.89 Å². The van der Waals surface area contributed by atoms with Crippen LogP contribution in [0.25, 0.3) is 11.0 Å². The van der Waals surface area contributed by atoms with Crippen LogP contribution in [0.3, 0.4) is 0 Å². The zero-order valence-electron chi connectivity index (χ0n) is 18.5. The number of fused-ring (bicyclic) bond motifs is 1. The van der Waals surface area contributed by atoms with Gasteiger partial charge < -0.3 is 20.7 Å². The van der Waals surface area contributed by atoms with Crippen molar-refractivity contribution >= 4 is 34.5 Å². The quantitative estimate of drug-likeness (QED) is 0.344. The molecule has 0 radical (unpaired) electrons. The van der Waals surface area contributed by atoms with Gasteiger partial charge in [-0.2, -0.15) is 10.1 Å². The number of carbonyl (C=O) groups is 1. The lowest BCUT2D eigenvalue weighted by molar-refractivity contribution is -0.121. The molecule has 4 N–H and O–H groups in total. The molecule has 1 unspecified atom stereocenters. The zero-order chi connectivity index (χ0) is 22.2. The third kappa shape index (κ3) is 5.66. The molecule has 0 aromatic carbocycles. The van der Waals surface area contributed by atoms with Crippen LogP contribution in [0.15, 0.2) is 18.3 Å². The lowest BCUT2D eigenvalue weighted by Crippen LogP contribution is -2.29. The molecule has 166 valence electrons. The first-order chi connectivity index (χ1) is 15.0. The van der Waals surface area contributed by atoms with Crippen LogP contribution in [0.5, 0.6) is 0 Å². The van der Waals surface area contributed by atoms with Crippen molar-refractivity contribution in [3.05, 3.63) is 29.6 Å². The summed E-state index contributed by atoms with van der Waals surface area (Å²) in [4.78, 5) is 25.7. The van der Waals surface area contributed by atoms with E-state index in [4.69, 9.17) is 4.74 Å². The third-order valence-electron chi connectivity index (χ3n) is 4.68. The number of anilines is 3. The van der Waals surface area contributed by atoms with E-state index < -0.39 is 0 Å². The molecule has 0 saturated heterocycles. The minimum Gasteiger partial charge on any atom is -0.382 e. The second-order valence-electron chi connectivity index (χ2n) is 7.06. The Kier molecular flexibility index (Phi) is 7.71. The Labute approximate surface area is 181 Å². The SMILES string of the molecule is CCNc1nc(Nc2cc(C)ccn2)c2n[nH]c(C(CCOCC)NC(=O)CC)c2n1. The first kappa shape index (κ1) is 22.4. The molecule has 0 aliphatic rings. The Morgan fingerprint density at radius 3 is 2.77 bits per heavy atom. The molecular formula is C21H30N8O2. The molecule has 10 heteroatoms. The monoisotopic (exact) mass is 426 g/mol. The Balaban J connectivity index is 2.03. The van der Waals surface area contributed by atoms with Crippen LogP contribution >= 0.6 is 0 Å². The summed E-state index contributed by atoms with van der Waals surface area (Å²) in [5.74, 6) is 1.62. The van der Waals surface area contributed by atoms with E-state index in [2.05, 4.69) is 41.1 Å². The topological polar surface area (TPSA) is 130 Å². The predicted octanol–water partition coefficient (Wildman–Crippen LogP) is 3.23. The summed E-state index contributed by atoms with van der Waals surface area (Å²) in [5, 5.41) is 17.0. The highest BCUT2D eigenvalue weighted by Crippen LogP contribution is 2.29. The van der Waals surface area contributed by atoms with Gasteiger partial charge in [-0.15, -0.1) is 0 Å². The molecular weight excluding hydrogens is 396 g/mol. The van der Waals surface area contributed by atoms with Crippen molar-refractivity contribution in [3.63, 3.8) is 0 Å². The van der Waals surface area contributed by atoms with E-state index in [-0.39, 0.29) is 11.9 Å². The second kappa shape index (κ2) is 10.7. The Bertz CT molecular complexity index is 1020. The number of aromatic amines is 1. The molecule has 3 heterocycles. The van der Waals surface area contributed by atoms with Gasteiger partial charge in [0.2, 0.25) is 11.9 Å². The van der Waals surface area contributed by atoms with Crippen LogP contribution in [-0.2, 0) is 9.53 Å². The van der Waals surface area contributed by atoms with Crippen LogP contribution in [0, 0.1) is 6.92 Å². The van der Waals surface area contributed by atoms with Crippen molar-refractivity contribution < 1.29 is 9.53 Å². The van der Waals surface area contributed by atoms with Crippen LogP contribution < -0.4 is 16.0 Å². The number of nitrogens with zero attached hydrogens (tertiary/aromatic N) is 4. The van der Waals surface area contributed by atoms with E-state index in [1.54, 1.807) is 6.20 Å². The average molecular weight is 427 g/mol. The number of aromatic nitrogens is 5. The lowest BCUT2D eigenvalue weighted by Gasteiger charge is -2.17. The van der Waals surface area contributed by atoms with E-state index in [9.17, 15) is 4.79 Å². The fraction of sp³-hybridized carbons (Fsp3) is 0.476. The van der Waals surface area contributed by atoms with E-state index in [1.807, 2.05) is 39.8 Å². The van der Waals surface area contributed by atoms with Crippen molar-refractivity contribution in [3.8, 4) is 0 Å². The zero-order valence-corrected chi connectivity index (χ0v) is 18.5. The van der Waals surface area contributed by atoms with Gasteiger partial charge in [-0.25, -0.2) is 9.97 Å². The number of hydrogen-bond donors (Lipinski definition) is 4. The number of rotatable bonds is 11. The Morgan fingerprint density at radius 2 is 2.06 bits per heavy atom. The van der Waals surface area contributed by atoms with Crippen LogP contribution in [0.4, 0.5) is 17.6 Å². The largest absolute Gasteiger partial charge is 0.382 e. The van der Waals surface area contributed by atoms with Gasteiger partial charge in [0.15, 0.2) is 11.3 Å². The number of pyridine rings is 1. The van der Waals surface area contributed by atoms with E-state index >= 15 is 0 Å². The fourth-order valence-corrected chi connectivity index (χ4v) is 3.14. The van der Waals surface area contributed by atoms with Gasteiger partial charge in [0.1, 0.15) is 11.3 Å². The van der Waals surface area contributed by atoms with Gasteiger partial charge in [-0.05, 0) is 44.9 Å². The van der Waals surface area contributed by atoms with Crippen molar-refractivity contribution in [2.75, 3.05) is 30.4 Å². The van der Waals surface area contributed by atoms with E-state index in [0.717, 1.165) is 11.3 Å². The lowest BCUT2D eigenvalue weighted by atomic mass is 10.1. The minimum atomic E-state index is -0.307. The molecule has 10 nitrogen and oxygen atoms in total. The molecule has 3 rings (SSSR count). The smallest absolute Gasteiger partial charge is 0.225 e. The summed E-state index contributed by atoms with van der Waals surface area (Å²) < 4.78 is 5.51. The Hall–Kier alpha value is -3.27. The molecule has 31 heavy (non-hydrogen) atoms. The first-order valence-corrected chi connectivity index (χ1v) is 10.6. The molecule has 0 bridgehead atoms. The first-order valence-electron chi connectivity index (χ1n) is 10.6. The molecule has 3 aromatic heterocycles. The molecule has 0 saturated carbocycles. The molecule has 0 fully saturated rings. The van der Waals surface area contributed by atoms with Crippen molar-refractivity contribution in [2.24, 2.45) is 0 Å². The summed E-state index contributed by atoms with van der Waals surface area (Å²) in [6, 6.07) is 3.55. The fourth-order valence-electron chi connectivity index (χ4n) is 3.14. The third-order valence-corrected chi connectivity index (χ3v) is 4.68. The molecule has 1 atom stereocenters. The summed E-state index contributed by atoms with van der Waals surface area (Å²) in [5.41, 5.74) is 3.01. The van der Waals surface area contributed by atoms with Gasteiger partial charge in [0, 0.05) is 32.4 Å². The van der Waals surface area contributed by atoms with Gasteiger partial charge in [0.05, 0.1) is 11.7 Å². The van der Waals surface area contributed by atoms with Crippen LogP contribution in [0.1, 0.15) is 50.9 Å². The summed E-state index contributed by atoms with van der Waals surface area (Å²) in [6.07, 6.45) is 2.72. The van der Waals surface area contributed by atoms with Gasteiger partial charge >= 0.3 is 0 Å². The maximum atomic E-state index is 12.1. The number of H-pyrrole nitrogens is 1. The number of hydrogen-bond acceptors (Lipinski definition) is 8. The summed E-state index contributed by atoms with van der Waals surface area (Å²) in [7, 11) is 0.